The number of aryl methyl sites for hydroxylation is 1. The van der Waals surface area contributed by atoms with Crippen molar-refractivity contribution in [2.75, 3.05) is 0 Å². The summed E-state index contributed by atoms with van der Waals surface area (Å²) in [5, 5.41) is 11.2. The number of amides is 1. The highest BCUT2D eigenvalue weighted by atomic mass is 16.4. The Kier molecular flexibility index (Phi) is 4.05. The number of benzene rings is 1. The molecule has 0 heterocycles. The van der Waals surface area contributed by atoms with Crippen LogP contribution in [0.4, 0.5) is 0 Å². The minimum atomic E-state index is -1.11. The van der Waals surface area contributed by atoms with Crippen molar-refractivity contribution in [1.29, 1.82) is 0 Å². The standard InChI is InChI=1S/C12H15NO3/c1-8-5-3-4-6-10(8)7-13-11(14)9(2)12(15)16/h3-6,9H,7H2,1-2H3,(H,13,14)(H,15,16). The third kappa shape index (κ3) is 3.08. The second kappa shape index (κ2) is 5.30. The van der Waals surface area contributed by atoms with Gasteiger partial charge in [-0.15, -0.1) is 0 Å². The van der Waals surface area contributed by atoms with Crippen molar-refractivity contribution < 1.29 is 14.7 Å². The van der Waals surface area contributed by atoms with Crippen LogP contribution >= 0.6 is 0 Å². The first-order valence-corrected chi connectivity index (χ1v) is 5.07. The molecule has 0 aromatic heterocycles. The summed E-state index contributed by atoms with van der Waals surface area (Å²) in [7, 11) is 0. The van der Waals surface area contributed by atoms with Crippen molar-refractivity contribution >= 4 is 11.9 Å². The van der Waals surface area contributed by atoms with E-state index in [1.54, 1.807) is 0 Å². The van der Waals surface area contributed by atoms with Gasteiger partial charge in [-0.2, -0.15) is 0 Å². The molecule has 0 spiro atoms. The molecule has 1 aromatic rings. The van der Waals surface area contributed by atoms with Gasteiger partial charge >= 0.3 is 5.97 Å². The number of nitrogens with one attached hydrogen (secondary N) is 1. The number of hydrogen-bond donors (Lipinski definition) is 2. The molecular weight excluding hydrogens is 206 g/mol. The van der Waals surface area contributed by atoms with Gasteiger partial charge in [-0.1, -0.05) is 24.3 Å². The van der Waals surface area contributed by atoms with Crippen LogP contribution in [0.1, 0.15) is 18.1 Å². The normalized spacial score (nSPS) is 11.9. The first-order valence-electron chi connectivity index (χ1n) is 5.07. The van der Waals surface area contributed by atoms with Crippen molar-refractivity contribution in [2.24, 2.45) is 5.92 Å². The van der Waals surface area contributed by atoms with Crippen LogP contribution in [0.25, 0.3) is 0 Å². The third-order valence-corrected chi connectivity index (χ3v) is 2.48. The van der Waals surface area contributed by atoms with Gasteiger partial charge < -0.3 is 10.4 Å². The van der Waals surface area contributed by atoms with Gasteiger partial charge in [0, 0.05) is 6.54 Å². The molecule has 0 radical (unpaired) electrons. The fourth-order valence-corrected chi connectivity index (χ4v) is 1.26. The minimum Gasteiger partial charge on any atom is -0.481 e. The molecule has 1 atom stereocenters. The van der Waals surface area contributed by atoms with E-state index in [2.05, 4.69) is 5.32 Å². The van der Waals surface area contributed by atoms with Crippen LogP contribution in [0, 0.1) is 12.8 Å². The van der Waals surface area contributed by atoms with E-state index < -0.39 is 17.8 Å². The zero-order valence-corrected chi connectivity index (χ0v) is 9.36. The van der Waals surface area contributed by atoms with E-state index in [1.807, 2.05) is 31.2 Å². The molecule has 4 nitrogen and oxygen atoms in total. The predicted octanol–water partition coefficient (Wildman–Crippen LogP) is 1.33. The lowest BCUT2D eigenvalue weighted by Gasteiger charge is -2.09. The van der Waals surface area contributed by atoms with E-state index in [9.17, 15) is 9.59 Å². The fourth-order valence-electron chi connectivity index (χ4n) is 1.26. The molecule has 0 aliphatic carbocycles. The SMILES string of the molecule is Cc1ccccc1CNC(=O)C(C)C(=O)O. The molecule has 4 heteroatoms. The van der Waals surface area contributed by atoms with Crippen molar-refractivity contribution in [3.05, 3.63) is 35.4 Å². The topological polar surface area (TPSA) is 66.4 Å². The molecule has 2 N–H and O–H groups in total. The first-order chi connectivity index (χ1) is 7.52. The summed E-state index contributed by atoms with van der Waals surface area (Å²) < 4.78 is 0. The average molecular weight is 221 g/mol. The van der Waals surface area contributed by atoms with Crippen molar-refractivity contribution in [1.82, 2.24) is 5.32 Å². The van der Waals surface area contributed by atoms with E-state index in [1.165, 1.54) is 6.92 Å². The van der Waals surface area contributed by atoms with E-state index in [0.717, 1.165) is 11.1 Å². The Hall–Kier alpha value is -1.84. The predicted molar refractivity (Wildman–Crippen MR) is 59.8 cm³/mol. The van der Waals surface area contributed by atoms with Crippen LogP contribution in [0.2, 0.25) is 0 Å². The van der Waals surface area contributed by atoms with E-state index in [0.29, 0.717) is 6.54 Å². The molecule has 1 amide bonds. The Labute approximate surface area is 94.3 Å². The Balaban J connectivity index is 2.56. The summed E-state index contributed by atoms with van der Waals surface area (Å²) in [5.41, 5.74) is 2.07. The summed E-state index contributed by atoms with van der Waals surface area (Å²) in [6.07, 6.45) is 0. The molecule has 0 aliphatic heterocycles. The Bertz CT molecular complexity index is 401. The van der Waals surface area contributed by atoms with E-state index >= 15 is 0 Å². The van der Waals surface area contributed by atoms with Gasteiger partial charge in [0.2, 0.25) is 5.91 Å². The van der Waals surface area contributed by atoms with Gasteiger partial charge in [0.15, 0.2) is 0 Å². The maximum atomic E-state index is 11.4. The fraction of sp³-hybridized carbons (Fsp3) is 0.333. The number of carbonyl (C=O) groups excluding carboxylic acids is 1. The van der Waals surface area contributed by atoms with Gasteiger partial charge in [0.05, 0.1) is 0 Å². The summed E-state index contributed by atoms with van der Waals surface area (Å²) >= 11 is 0. The van der Waals surface area contributed by atoms with Crippen LogP contribution in [0.3, 0.4) is 0 Å². The molecule has 16 heavy (non-hydrogen) atoms. The van der Waals surface area contributed by atoms with Gasteiger partial charge in [-0.3, -0.25) is 9.59 Å². The number of hydrogen-bond acceptors (Lipinski definition) is 2. The lowest BCUT2D eigenvalue weighted by Crippen LogP contribution is -2.33. The molecular formula is C12H15NO3. The molecule has 0 aliphatic rings. The zero-order chi connectivity index (χ0) is 12.1. The van der Waals surface area contributed by atoms with E-state index in [-0.39, 0.29) is 0 Å². The quantitative estimate of drug-likeness (QED) is 0.754. The highest BCUT2D eigenvalue weighted by molar-refractivity contribution is 5.96. The zero-order valence-electron chi connectivity index (χ0n) is 9.36. The minimum absolute atomic E-state index is 0.364. The summed E-state index contributed by atoms with van der Waals surface area (Å²) in [5.74, 6) is -2.58. The second-order valence-electron chi connectivity index (χ2n) is 3.70. The highest BCUT2D eigenvalue weighted by Crippen LogP contribution is 2.06. The number of carboxylic acids is 1. The van der Waals surface area contributed by atoms with Gasteiger partial charge in [0.25, 0.3) is 0 Å². The molecule has 1 rings (SSSR count). The lowest BCUT2D eigenvalue weighted by molar-refractivity contribution is -0.146. The second-order valence-corrected chi connectivity index (χ2v) is 3.70. The molecule has 0 bridgehead atoms. The molecule has 0 saturated carbocycles. The van der Waals surface area contributed by atoms with Crippen LogP contribution in [-0.2, 0) is 16.1 Å². The average Bonchev–Trinajstić information content (AvgIpc) is 2.26. The Morgan fingerprint density at radius 2 is 2.00 bits per heavy atom. The first kappa shape index (κ1) is 12.2. The van der Waals surface area contributed by atoms with Crippen LogP contribution in [0.5, 0.6) is 0 Å². The number of aliphatic carboxylic acids is 1. The maximum Gasteiger partial charge on any atom is 0.315 e. The van der Waals surface area contributed by atoms with Crippen molar-refractivity contribution in [3.63, 3.8) is 0 Å². The lowest BCUT2D eigenvalue weighted by atomic mass is 10.1. The van der Waals surface area contributed by atoms with Crippen molar-refractivity contribution in [2.45, 2.75) is 20.4 Å². The summed E-state index contributed by atoms with van der Waals surface area (Å²) in [6, 6.07) is 7.65. The van der Waals surface area contributed by atoms with Crippen molar-refractivity contribution in [3.8, 4) is 0 Å². The summed E-state index contributed by atoms with van der Waals surface area (Å²) in [6.45, 7) is 3.68. The molecule has 0 fully saturated rings. The molecule has 1 unspecified atom stereocenters. The largest absolute Gasteiger partial charge is 0.481 e. The van der Waals surface area contributed by atoms with Crippen LogP contribution in [0.15, 0.2) is 24.3 Å². The molecule has 0 saturated heterocycles. The van der Waals surface area contributed by atoms with Gasteiger partial charge in [0.1, 0.15) is 5.92 Å². The smallest absolute Gasteiger partial charge is 0.315 e. The Morgan fingerprint density at radius 1 is 1.38 bits per heavy atom. The van der Waals surface area contributed by atoms with Crippen LogP contribution < -0.4 is 5.32 Å². The number of carbonyl (C=O) groups is 2. The summed E-state index contributed by atoms with van der Waals surface area (Å²) in [4.78, 5) is 21.9. The highest BCUT2D eigenvalue weighted by Gasteiger charge is 2.19. The van der Waals surface area contributed by atoms with Crippen LogP contribution in [-0.4, -0.2) is 17.0 Å². The monoisotopic (exact) mass is 221 g/mol. The maximum absolute atomic E-state index is 11.4. The van der Waals surface area contributed by atoms with Gasteiger partial charge in [-0.25, -0.2) is 0 Å². The molecule has 86 valence electrons. The number of carboxylic acid groups (broad SMARTS) is 1. The van der Waals surface area contributed by atoms with E-state index in [4.69, 9.17) is 5.11 Å². The molecule has 1 aromatic carbocycles. The van der Waals surface area contributed by atoms with Gasteiger partial charge in [-0.05, 0) is 25.0 Å². The third-order valence-electron chi connectivity index (χ3n) is 2.48. The Morgan fingerprint density at radius 3 is 2.56 bits per heavy atom. The number of rotatable bonds is 4.